The van der Waals surface area contributed by atoms with Crippen LogP contribution in [0.5, 0.6) is 0 Å². The highest BCUT2D eigenvalue weighted by Gasteiger charge is 2.32. The van der Waals surface area contributed by atoms with Crippen molar-refractivity contribution in [2.24, 2.45) is 0 Å². The number of para-hydroxylation sites is 1. The van der Waals surface area contributed by atoms with E-state index in [0.29, 0.717) is 11.6 Å². The summed E-state index contributed by atoms with van der Waals surface area (Å²) in [6.45, 7) is 5.98. The van der Waals surface area contributed by atoms with Crippen molar-refractivity contribution >= 4 is 23.2 Å². The van der Waals surface area contributed by atoms with Crippen molar-refractivity contribution < 1.29 is 4.79 Å². The number of fused-ring (bicyclic) bond motifs is 1. The molecule has 5 nitrogen and oxygen atoms in total. The van der Waals surface area contributed by atoms with Gasteiger partial charge >= 0.3 is 0 Å². The summed E-state index contributed by atoms with van der Waals surface area (Å²) < 4.78 is 0. The fourth-order valence-corrected chi connectivity index (χ4v) is 3.50. The van der Waals surface area contributed by atoms with Gasteiger partial charge in [0, 0.05) is 23.1 Å². The molecule has 0 fully saturated rings. The van der Waals surface area contributed by atoms with Gasteiger partial charge in [0.25, 0.3) is 5.91 Å². The van der Waals surface area contributed by atoms with Crippen molar-refractivity contribution in [2.45, 2.75) is 33.2 Å². The molecule has 0 spiro atoms. The molecule has 1 amide bonds. The average Bonchev–Trinajstić information content (AvgIpc) is 2.98. The Morgan fingerprint density at radius 3 is 2.59 bits per heavy atom. The number of aromatic nitrogens is 2. The Hall–Kier alpha value is -3.21. The molecule has 27 heavy (non-hydrogen) atoms. The molecule has 136 valence electrons. The van der Waals surface area contributed by atoms with Crippen LogP contribution in [0, 0.1) is 13.8 Å². The molecule has 1 aliphatic heterocycles. The van der Waals surface area contributed by atoms with Crippen LogP contribution in [0.4, 0.5) is 17.3 Å². The Morgan fingerprint density at radius 1 is 1.07 bits per heavy atom. The van der Waals surface area contributed by atoms with Crippen LogP contribution in [0.15, 0.2) is 54.6 Å². The molecular formula is C22H22N4O. The minimum absolute atomic E-state index is 0.0927. The van der Waals surface area contributed by atoms with Gasteiger partial charge in [-0.15, -0.1) is 0 Å². The van der Waals surface area contributed by atoms with Gasteiger partial charge in [-0.05, 0) is 57.0 Å². The lowest BCUT2D eigenvalue weighted by atomic mass is 10.1. The quantitative estimate of drug-likeness (QED) is 0.752. The maximum Gasteiger partial charge on any atom is 0.277 e. The van der Waals surface area contributed by atoms with Crippen molar-refractivity contribution in [1.82, 2.24) is 9.97 Å². The molecule has 0 bridgehead atoms. The maximum absolute atomic E-state index is 13.2. The van der Waals surface area contributed by atoms with Crippen LogP contribution < -0.4 is 10.2 Å². The predicted octanol–water partition coefficient (Wildman–Crippen LogP) is 4.43. The molecule has 3 aromatic rings. The summed E-state index contributed by atoms with van der Waals surface area (Å²) in [5, 5.41) is 3.20. The summed E-state index contributed by atoms with van der Waals surface area (Å²) in [7, 11) is 0. The summed E-state index contributed by atoms with van der Waals surface area (Å²) >= 11 is 0. The van der Waals surface area contributed by atoms with E-state index in [1.807, 2.05) is 61.2 Å². The molecule has 1 atom stereocenters. The molecular weight excluding hydrogens is 336 g/mol. The largest absolute Gasteiger partial charge is 0.324 e. The number of nitrogens with zero attached hydrogens (tertiary/aromatic N) is 3. The van der Waals surface area contributed by atoms with E-state index in [-0.39, 0.29) is 11.9 Å². The maximum atomic E-state index is 13.2. The first-order chi connectivity index (χ1) is 13.0. The van der Waals surface area contributed by atoms with E-state index in [4.69, 9.17) is 0 Å². The lowest BCUT2D eigenvalue weighted by Crippen LogP contribution is -2.36. The number of hydrogen-bond acceptors (Lipinski definition) is 4. The van der Waals surface area contributed by atoms with Gasteiger partial charge in [-0.25, -0.2) is 9.97 Å². The number of nitrogens with one attached hydrogen (secondary N) is 1. The van der Waals surface area contributed by atoms with E-state index >= 15 is 0 Å². The Bertz CT molecular complexity index is 997. The lowest BCUT2D eigenvalue weighted by molar-refractivity contribution is 0.0976. The van der Waals surface area contributed by atoms with Crippen molar-refractivity contribution in [3.8, 4) is 0 Å². The van der Waals surface area contributed by atoms with Crippen molar-refractivity contribution in [1.29, 1.82) is 0 Å². The molecule has 0 radical (unpaired) electrons. The molecule has 5 heteroatoms. The topological polar surface area (TPSA) is 58.1 Å². The normalized spacial score (nSPS) is 15.5. The van der Waals surface area contributed by atoms with Crippen LogP contribution in [0.3, 0.4) is 0 Å². The number of carbonyl (C=O) groups excluding carboxylic acids is 1. The Labute approximate surface area is 159 Å². The molecule has 0 aliphatic carbocycles. The SMILES string of the molecule is Cc1ccc(Nc2nc(C)cc(C(=O)N3c4ccccc4CC3C)n2)cc1. The standard InChI is InChI=1S/C22H22N4O/c1-14-8-10-18(11-9-14)24-22-23-15(2)12-19(25-22)21(27)26-16(3)13-17-6-4-5-7-20(17)26/h4-12,16H,13H2,1-3H3,(H,23,24,25). The van der Waals surface area contributed by atoms with Gasteiger partial charge < -0.3 is 10.2 Å². The van der Waals surface area contributed by atoms with Gasteiger partial charge in [-0.2, -0.15) is 0 Å². The lowest BCUT2D eigenvalue weighted by Gasteiger charge is -2.22. The number of anilines is 3. The number of benzene rings is 2. The monoisotopic (exact) mass is 358 g/mol. The van der Waals surface area contributed by atoms with Gasteiger partial charge in [-0.3, -0.25) is 4.79 Å². The fourth-order valence-electron chi connectivity index (χ4n) is 3.50. The van der Waals surface area contributed by atoms with E-state index in [1.165, 1.54) is 11.1 Å². The second-order valence-electron chi connectivity index (χ2n) is 7.07. The average molecular weight is 358 g/mol. The smallest absolute Gasteiger partial charge is 0.277 e. The summed E-state index contributed by atoms with van der Waals surface area (Å²) in [5.41, 5.74) is 5.40. The van der Waals surface area contributed by atoms with Crippen LogP contribution in [0.1, 0.15) is 34.2 Å². The highest BCUT2D eigenvalue weighted by atomic mass is 16.2. The van der Waals surface area contributed by atoms with Gasteiger partial charge in [-0.1, -0.05) is 35.9 Å². The Kier molecular flexibility index (Phi) is 4.36. The molecule has 2 heterocycles. The second kappa shape index (κ2) is 6.83. The van der Waals surface area contributed by atoms with Crippen molar-refractivity contribution in [2.75, 3.05) is 10.2 Å². The van der Waals surface area contributed by atoms with E-state index in [9.17, 15) is 4.79 Å². The van der Waals surface area contributed by atoms with Crippen LogP contribution in [0.2, 0.25) is 0 Å². The van der Waals surface area contributed by atoms with Crippen molar-refractivity contribution in [3.05, 3.63) is 77.1 Å². The third-order valence-corrected chi connectivity index (χ3v) is 4.81. The summed E-state index contributed by atoms with van der Waals surface area (Å²) in [6.07, 6.45) is 0.862. The van der Waals surface area contributed by atoms with Crippen LogP contribution >= 0.6 is 0 Å². The zero-order chi connectivity index (χ0) is 19.0. The summed E-state index contributed by atoms with van der Waals surface area (Å²) in [6, 6.07) is 17.9. The van der Waals surface area contributed by atoms with Gasteiger partial charge in [0.15, 0.2) is 0 Å². The van der Waals surface area contributed by atoms with Crippen LogP contribution in [-0.4, -0.2) is 21.9 Å². The summed E-state index contributed by atoms with van der Waals surface area (Å²) in [4.78, 5) is 24.0. The van der Waals surface area contributed by atoms with Crippen LogP contribution in [0.25, 0.3) is 0 Å². The molecule has 0 saturated carbocycles. The molecule has 1 N–H and O–H groups in total. The molecule has 1 aliphatic rings. The number of carbonyl (C=O) groups is 1. The third kappa shape index (κ3) is 3.40. The van der Waals surface area contributed by atoms with E-state index in [1.54, 1.807) is 6.07 Å². The number of amides is 1. The molecule has 2 aromatic carbocycles. The van der Waals surface area contributed by atoms with Gasteiger partial charge in [0.2, 0.25) is 5.95 Å². The molecule has 4 rings (SSSR count). The zero-order valence-corrected chi connectivity index (χ0v) is 15.7. The first-order valence-electron chi connectivity index (χ1n) is 9.12. The highest BCUT2D eigenvalue weighted by molar-refractivity contribution is 6.06. The first-order valence-corrected chi connectivity index (χ1v) is 9.12. The van der Waals surface area contributed by atoms with Crippen LogP contribution in [-0.2, 0) is 6.42 Å². The third-order valence-electron chi connectivity index (χ3n) is 4.81. The number of rotatable bonds is 3. The first kappa shape index (κ1) is 17.2. The van der Waals surface area contributed by atoms with Gasteiger partial charge in [0.05, 0.1) is 0 Å². The second-order valence-corrected chi connectivity index (χ2v) is 7.07. The van der Waals surface area contributed by atoms with Gasteiger partial charge in [0.1, 0.15) is 5.69 Å². The molecule has 0 saturated heterocycles. The summed E-state index contributed by atoms with van der Waals surface area (Å²) in [5.74, 6) is 0.340. The van der Waals surface area contributed by atoms with E-state index in [0.717, 1.165) is 23.5 Å². The Balaban J connectivity index is 1.65. The molecule has 1 unspecified atom stereocenters. The molecule has 1 aromatic heterocycles. The van der Waals surface area contributed by atoms with Crippen molar-refractivity contribution in [3.63, 3.8) is 0 Å². The number of aryl methyl sites for hydroxylation is 2. The minimum Gasteiger partial charge on any atom is -0.324 e. The van der Waals surface area contributed by atoms with E-state index < -0.39 is 0 Å². The number of hydrogen-bond donors (Lipinski definition) is 1. The highest BCUT2D eigenvalue weighted by Crippen LogP contribution is 2.33. The zero-order valence-electron chi connectivity index (χ0n) is 15.7. The fraction of sp³-hybridized carbons (Fsp3) is 0.227. The predicted molar refractivity (Wildman–Crippen MR) is 108 cm³/mol. The van der Waals surface area contributed by atoms with E-state index in [2.05, 4.69) is 28.3 Å². The minimum atomic E-state index is -0.0927. The Morgan fingerprint density at radius 2 is 1.81 bits per heavy atom.